The van der Waals surface area contributed by atoms with Gasteiger partial charge < -0.3 is 15.2 Å². The molecule has 0 unspecified atom stereocenters. The Kier molecular flexibility index (Phi) is 4.42. The zero-order valence-electron chi connectivity index (χ0n) is 5.77. The van der Waals surface area contributed by atoms with E-state index in [0.717, 1.165) is 0 Å². The zero-order valence-corrected chi connectivity index (χ0v) is 5.77. The molecule has 0 atom stereocenters. The quantitative estimate of drug-likeness (QED) is 0.577. The lowest BCUT2D eigenvalue weighted by Gasteiger charge is -2.13. The van der Waals surface area contributed by atoms with Crippen LogP contribution >= 0.6 is 0 Å². The fraction of sp³-hybridized carbons (Fsp3) is 1.00. The molecular formula is C5H11F2NO2. The van der Waals surface area contributed by atoms with E-state index in [1.807, 2.05) is 0 Å². The predicted molar refractivity (Wildman–Crippen MR) is 31.8 cm³/mol. The van der Waals surface area contributed by atoms with E-state index in [1.54, 1.807) is 0 Å². The van der Waals surface area contributed by atoms with Crippen LogP contribution in [0.1, 0.15) is 0 Å². The summed E-state index contributed by atoms with van der Waals surface area (Å²) in [7, 11) is 1.41. The van der Waals surface area contributed by atoms with E-state index >= 15 is 0 Å². The molecule has 0 saturated carbocycles. The highest BCUT2D eigenvalue weighted by atomic mass is 19.3. The van der Waals surface area contributed by atoms with Crippen molar-refractivity contribution in [2.75, 3.05) is 26.9 Å². The second kappa shape index (κ2) is 4.54. The van der Waals surface area contributed by atoms with Gasteiger partial charge in [0.25, 0.3) is 0 Å². The molecule has 0 spiro atoms. The van der Waals surface area contributed by atoms with Crippen molar-refractivity contribution in [3.8, 4) is 0 Å². The van der Waals surface area contributed by atoms with Crippen molar-refractivity contribution >= 4 is 0 Å². The van der Waals surface area contributed by atoms with Crippen LogP contribution in [0, 0.1) is 0 Å². The van der Waals surface area contributed by atoms with Gasteiger partial charge in [0, 0.05) is 7.11 Å². The SMILES string of the molecule is COCCOC(F)(F)CN. The molecule has 0 aliphatic carbocycles. The summed E-state index contributed by atoms with van der Waals surface area (Å²) in [4.78, 5) is 0. The van der Waals surface area contributed by atoms with E-state index in [9.17, 15) is 8.78 Å². The maximum atomic E-state index is 12.1. The van der Waals surface area contributed by atoms with Gasteiger partial charge in [-0.05, 0) is 0 Å². The van der Waals surface area contributed by atoms with Crippen molar-refractivity contribution in [1.82, 2.24) is 0 Å². The van der Waals surface area contributed by atoms with Gasteiger partial charge >= 0.3 is 6.11 Å². The number of halogens is 2. The van der Waals surface area contributed by atoms with Gasteiger partial charge in [-0.3, -0.25) is 0 Å². The molecule has 0 radical (unpaired) electrons. The number of ether oxygens (including phenoxy) is 2. The molecule has 62 valence electrons. The van der Waals surface area contributed by atoms with Crippen molar-refractivity contribution in [3.63, 3.8) is 0 Å². The first-order valence-electron chi connectivity index (χ1n) is 2.83. The van der Waals surface area contributed by atoms with Crippen LogP contribution in [0.15, 0.2) is 0 Å². The number of rotatable bonds is 5. The molecule has 0 fully saturated rings. The minimum atomic E-state index is -3.21. The minimum absolute atomic E-state index is 0.138. The Bertz CT molecular complexity index is 89.7. The second-order valence-electron chi connectivity index (χ2n) is 1.68. The van der Waals surface area contributed by atoms with E-state index in [2.05, 4.69) is 15.2 Å². The summed E-state index contributed by atoms with van der Waals surface area (Å²) in [6.45, 7) is -0.785. The van der Waals surface area contributed by atoms with Gasteiger partial charge in [-0.25, -0.2) is 0 Å². The molecule has 0 aromatic carbocycles. The van der Waals surface area contributed by atoms with E-state index in [4.69, 9.17) is 0 Å². The lowest BCUT2D eigenvalue weighted by molar-refractivity contribution is -0.234. The van der Waals surface area contributed by atoms with E-state index in [1.165, 1.54) is 7.11 Å². The second-order valence-corrected chi connectivity index (χ2v) is 1.68. The molecule has 10 heavy (non-hydrogen) atoms. The molecule has 0 amide bonds. The number of hydrogen-bond donors (Lipinski definition) is 1. The minimum Gasteiger partial charge on any atom is -0.382 e. The number of nitrogens with two attached hydrogens (primary N) is 1. The van der Waals surface area contributed by atoms with E-state index in [-0.39, 0.29) is 13.2 Å². The molecule has 0 bridgehead atoms. The third kappa shape index (κ3) is 4.60. The fourth-order valence-electron chi connectivity index (χ4n) is 0.333. The lowest BCUT2D eigenvalue weighted by Crippen LogP contribution is -2.32. The summed E-state index contributed by atoms with van der Waals surface area (Å²) >= 11 is 0. The molecule has 0 heterocycles. The third-order valence-electron chi connectivity index (χ3n) is 0.838. The van der Waals surface area contributed by atoms with Crippen molar-refractivity contribution in [2.24, 2.45) is 5.73 Å². The van der Waals surface area contributed by atoms with Gasteiger partial charge in [0.2, 0.25) is 0 Å². The Morgan fingerprint density at radius 3 is 2.40 bits per heavy atom. The topological polar surface area (TPSA) is 44.5 Å². The number of methoxy groups -OCH3 is 1. The zero-order chi connectivity index (χ0) is 8.04. The molecule has 3 nitrogen and oxygen atoms in total. The maximum absolute atomic E-state index is 12.1. The van der Waals surface area contributed by atoms with Crippen LogP contribution in [0.4, 0.5) is 8.78 Å². The molecule has 2 N–H and O–H groups in total. The summed E-state index contributed by atoms with van der Waals surface area (Å²) in [5.41, 5.74) is 4.67. The molecular weight excluding hydrogens is 144 g/mol. The predicted octanol–water partition coefficient (Wildman–Crippen LogP) is 0.201. The molecule has 0 aliphatic heterocycles. The van der Waals surface area contributed by atoms with Crippen LogP contribution in [0.25, 0.3) is 0 Å². The summed E-state index contributed by atoms with van der Waals surface area (Å²) in [6.07, 6.45) is -3.21. The van der Waals surface area contributed by atoms with E-state index < -0.39 is 12.7 Å². The highest BCUT2D eigenvalue weighted by molar-refractivity contribution is 4.50. The molecule has 0 aliphatic rings. The molecule has 0 rings (SSSR count). The highest BCUT2D eigenvalue weighted by Gasteiger charge is 2.26. The van der Waals surface area contributed by atoms with Crippen LogP contribution in [-0.2, 0) is 9.47 Å². The van der Waals surface area contributed by atoms with Crippen molar-refractivity contribution in [3.05, 3.63) is 0 Å². The Morgan fingerprint density at radius 2 is 2.00 bits per heavy atom. The first-order valence-corrected chi connectivity index (χ1v) is 2.83. The summed E-state index contributed by atoms with van der Waals surface area (Å²) in [5.74, 6) is 0. The van der Waals surface area contributed by atoms with Gasteiger partial charge in [-0.15, -0.1) is 0 Å². The Morgan fingerprint density at radius 1 is 1.40 bits per heavy atom. The van der Waals surface area contributed by atoms with Gasteiger partial charge in [-0.1, -0.05) is 0 Å². The molecule has 0 aromatic rings. The number of alkyl halides is 2. The molecule has 0 aromatic heterocycles. The maximum Gasteiger partial charge on any atom is 0.368 e. The van der Waals surface area contributed by atoms with Crippen molar-refractivity contribution < 1.29 is 18.3 Å². The van der Waals surface area contributed by atoms with Crippen molar-refractivity contribution in [1.29, 1.82) is 0 Å². The Hall–Kier alpha value is -0.260. The van der Waals surface area contributed by atoms with Gasteiger partial charge in [0.1, 0.15) is 0 Å². The van der Waals surface area contributed by atoms with Gasteiger partial charge in [0.15, 0.2) is 0 Å². The van der Waals surface area contributed by atoms with Gasteiger partial charge in [0.05, 0.1) is 19.8 Å². The lowest BCUT2D eigenvalue weighted by atomic mass is 10.6. The summed E-state index contributed by atoms with van der Waals surface area (Å²) < 4.78 is 32.7. The van der Waals surface area contributed by atoms with Crippen LogP contribution < -0.4 is 5.73 Å². The first-order chi connectivity index (χ1) is 4.62. The van der Waals surface area contributed by atoms with Gasteiger partial charge in [-0.2, -0.15) is 8.78 Å². The van der Waals surface area contributed by atoms with Crippen LogP contribution in [0.5, 0.6) is 0 Å². The average molecular weight is 155 g/mol. The Labute approximate surface area is 58.1 Å². The normalized spacial score (nSPS) is 12.0. The number of hydrogen-bond acceptors (Lipinski definition) is 3. The standard InChI is InChI=1S/C5H11F2NO2/c1-9-2-3-10-5(6,7)4-8/h2-4,8H2,1H3. The monoisotopic (exact) mass is 155 g/mol. The van der Waals surface area contributed by atoms with Crippen LogP contribution in [-0.4, -0.2) is 33.0 Å². The fourth-order valence-corrected chi connectivity index (χ4v) is 0.333. The smallest absolute Gasteiger partial charge is 0.368 e. The van der Waals surface area contributed by atoms with Crippen LogP contribution in [0.3, 0.4) is 0 Å². The Balaban J connectivity index is 3.28. The van der Waals surface area contributed by atoms with Crippen LogP contribution in [0.2, 0.25) is 0 Å². The largest absolute Gasteiger partial charge is 0.382 e. The van der Waals surface area contributed by atoms with Crippen molar-refractivity contribution in [2.45, 2.75) is 6.11 Å². The molecule has 0 saturated heterocycles. The summed E-state index contributed by atoms with van der Waals surface area (Å²) in [6, 6.07) is 0. The van der Waals surface area contributed by atoms with E-state index in [0.29, 0.717) is 0 Å². The molecule has 5 heteroatoms. The average Bonchev–Trinajstić information content (AvgIpc) is 1.89. The third-order valence-corrected chi connectivity index (χ3v) is 0.838. The highest BCUT2D eigenvalue weighted by Crippen LogP contribution is 2.11. The first kappa shape index (κ1) is 9.74. The summed E-state index contributed by atoms with van der Waals surface area (Å²) in [5, 5.41) is 0.